The van der Waals surface area contributed by atoms with E-state index in [1.807, 2.05) is 24.3 Å². The summed E-state index contributed by atoms with van der Waals surface area (Å²) in [6.07, 6.45) is 98.5. The van der Waals surface area contributed by atoms with Gasteiger partial charge in [-0.1, -0.05) is 500 Å². The number of carbonyl (C=O) groups is 2. The number of hydrogen-bond acceptors (Lipinski definition) is 12. The highest BCUT2D eigenvalue weighted by atomic mass is 33.1. The fourth-order valence-electron chi connectivity index (χ4n) is 16.3. The molecule has 0 N–H and O–H groups in total. The zero-order chi connectivity index (χ0) is 85.9. The van der Waals surface area contributed by atoms with Crippen LogP contribution in [0.25, 0.3) is 0 Å². The van der Waals surface area contributed by atoms with Gasteiger partial charge in [0, 0.05) is 11.5 Å². The highest BCUT2D eigenvalue weighted by Crippen LogP contribution is 2.42. The van der Waals surface area contributed by atoms with Crippen molar-refractivity contribution in [3.05, 3.63) is 35.4 Å². The molecule has 0 atom stereocenters. The number of unbranched alkanes of at least 4 members (excludes halogenated alkanes) is 70. The molecule has 120 heavy (non-hydrogen) atoms. The number of rotatable bonds is 99. The molecule has 0 radical (unpaired) electrons. The fraction of sp³-hybridized carbons (Fsp3) is 0.870. The number of benzene rings is 2. The van der Waals surface area contributed by atoms with Crippen LogP contribution in [0, 0.1) is 0 Å². The van der Waals surface area contributed by atoms with Gasteiger partial charge in [0.2, 0.25) is 11.5 Å². The molecule has 0 amide bonds. The van der Waals surface area contributed by atoms with E-state index in [9.17, 15) is 9.59 Å². The maximum absolute atomic E-state index is 13.9. The Balaban J connectivity index is 1.75. The van der Waals surface area contributed by atoms with Crippen LogP contribution in [0.4, 0.5) is 0 Å². The van der Waals surface area contributed by atoms with Gasteiger partial charge in [-0.3, -0.25) is 0 Å². The van der Waals surface area contributed by atoms with E-state index >= 15 is 0 Å². The predicted molar refractivity (Wildman–Crippen MR) is 526 cm³/mol. The minimum Gasteiger partial charge on any atom is -0.490 e. The molecule has 0 bridgehead atoms. The van der Waals surface area contributed by atoms with Crippen LogP contribution in [0.2, 0.25) is 0 Å². The molecule has 702 valence electrons. The molecule has 0 aliphatic carbocycles. The molecule has 0 aliphatic rings. The highest BCUT2D eigenvalue weighted by molar-refractivity contribution is 8.76. The summed E-state index contributed by atoms with van der Waals surface area (Å²) in [5.41, 5.74) is 0.995. The Labute approximate surface area is 752 Å². The van der Waals surface area contributed by atoms with Crippen molar-refractivity contribution in [3.8, 4) is 34.5 Å². The summed E-state index contributed by atoms with van der Waals surface area (Å²) in [6.45, 7) is 18.2. The minimum absolute atomic E-state index is 0.299. The smallest absolute Gasteiger partial charge is 0.338 e. The molecular weight excluding hydrogens is 1520 g/mol. The molecule has 0 spiro atoms. The lowest BCUT2D eigenvalue weighted by Crippen LogP contribution is -2.11. The first-order valence-corrected chi connectivity index (χ1v) is 55.6. The van der Waals surface area contributed by atoms with E-state index in [1.54, 1.807) is 0 Å². The van der Waals surface area contributed by atoms with E-state index in [1.165, 1.54) is 410 Å². The average molecular weight is 1720 g/mol. The Bertz CT molecular complexity index is 2200. The zero-order valence-electron chi connectivity index (χ0n) is 80.4. The van der Waals surface area contributed by atoms with Crippen LogP contribution in [-0.2, 0) is 9.47 Å². The third kappa shape index (κ3) is 72.0. The van der Waals surface area contributed by atoms with Crippen LogP contribution in [0.3, 0.4) is 0 Å². The van der Waals surface area contributed by atoms with Crippen molar-refractivity contribution in [1.82, 2.24) is 0 Å². The first-order valence-electron chi connectivity index (χ1n) is 53.1. The second kappa shape index (κ2) is 92.1. The largest absolute Gasteiger partial charge is 0.490 e. The Kier molecular flexibility index (Phi) is 86.7. The van der Waals surface area contributed by atoms with Crippen molar-refractivity contribution in [2.24, 2.45) is 0 Å². The maximum Gasteiger partial charge on any atom is 0.338 e. The maximum atomic E-state index is 13.9. The second-order valence-corrected chi connectivity index (χ2v) is 38.8. The first kappa shape index (κ1) is 113. The van der Waals surface area contributed by atoms with Crippen molar-refractivity contribution in [2.45, 2.75) is 542 Å². The molecule has 0 saturated carbocycles. The minimum atomic E-state index is -0.299. The Morgan fingerprint density at radius 3 is 0.500 bits per heavy atom. The summed E-state index contributed by atoms with van der Waals surface area (Å²) in [4.78, 5) is 27.7. The van der Waals surface area contributed by atoms with Crippen LogP contribution in [0.5, 0.6) is 34.5 Å². The summed E-state index contributed by atoms with van der Waals surface area (Å²) < 4.78 is 51.6. The molecule has 0 aliphatic heterocycles. The predicted octanol–water partition coefficient (Wildman–Crippen LogP) is 36.9. The third-order valence-electron chi connectivity index (χ3n) is 24.3. The molecule has 0 heterocycles. The lowest BCUT2D eigenvalue weighted by atomic mass is 10.1. The monoisotopic (exact) mass is 1720 g/mol. The van der Waals surface area contributed by atoms with Crippen LogP contribution >= 0.6 is 21.6 Å². The van der Waals surface area contributed by atoms with Gasteiger partial charge in [-0.25, -0.2) is 9.59 Å². The van der Waals surface area contributed by atoms with Gasteiger partial charge in [-0.15, -0.1) is 0 Å². The van der Waals surface area contributed by atoms with Gasteiger partial charge >= 0.3 is 11.9 Å². The third-order valence-corrected chi connectivity index (χ3v) is 26.9. The molecule has 10 nitrogen and oxygen atoms in total. The van der Waals surface area contributed by atoms with Crippen molar-refractivity contribution in [1.29, 1.82) is 0 Å². The van der Waals surface area contributed by atoms with E-state index in [-0.39, 0.29) is 11.9 Å². The lowest BCUT2D eigenvalue weighted by Gasteiger charge is -2.19. The van der Waals surface area contributed by atoms with Crippen LogP contribution in [0.15, 0.2) is 24.3 Å². The Morgan fingerprint density at radius 1 is 0.183 bits per heavy atom. The molecule has 2 aromatic carbocycles. The summed E-state index contributed by atoms with van der Waals surface area (Å²) in [7, 11) is 4.16. The molecule has 0 fully saturated rings. The van der Waals surface area contributed by atoms with Gasteiger partial charge in [-0.05, 0) is 88.5 Å². The zero-order valence-corrected chi connectivity index (χ0v) is 82.1. The molecule has 0 saturated heterocycles. The van der Waals surface area contributed by atoms with Gasteiger partial charge in [0.15, 0.2) is 23.0 Å². The quantitative estimate of drug-likeness (QED) is 0.0357. The van der Waals surface area contributed by atoms with E-state index in [0.717, 1.165) is 103 Å². The van der Waals surface area contributed by atoms with Crippen LogP contribution < -0.4 is 28.4 Å². The first-order chi connectivity index (χ1) is 59.4. The van der Waals surface area contributed by atoms with Crippen molar-refractivity contribution >= 4 is 33.5 Å². The summed E-state index contributed by atoms with van der Waals surface area (Å²) in [6, 6.07) is 7.49. The molecule has 0 aromatic heterocycles. The highest BCUT2D eigenvalue weighted by Gasteiger charge is 2.23. The normalized spacial score (nSPS) is 11.5. The van der Waals surface area contributed by atoms with E-state index in [0.29, 0.717) is 98.5 Å². The summed E-state index contributed by atoms with van der Waals surface area (Å²) in [5.74, 6) is 5.73. The average Bonchev–Trinajstić information content (AvgIpc) is 0.821. The van der Waals surface area contributed by atoms with Crippen molar-refractivity contribution in [3.63, 3.8) is 0 Å². The van der Waals surface area contributed by atoms with Crippen LogP contribution in [-0.4, -0.2) is 76.3 Å². The molecule has 12 heteroatoms. The van der Waals surface area contributed by atoms with Gasteiger partial charge < -0.3 is 37.9 Å². The van der Waals surface area contributed by atoms with Gasteiger partial charge in [0.05, 0.1) is 64.0 Å². The second-order valence-electron chi connectivity index (χ2n) is 36.1. The van der Waals surface area contributed by atoms with Gasteiger partial charge in [-0.2, -0.15) is 0 Å². The molecular formula is C108H198O10S2. The van der Waals surface area contributed by atoms with E-state index in [4.69, 9.17) is 37.9 Å². The van der Waals surface area contributed by atoms with Gasteiger partial charge in [0.25, 0.3) is 0 Å². The number of ether oxygens (including phenoxy) is 8. The number of hydrogen-bond donors (Lipinski definition) is 0. The Morgan fingerprint density at radius 2 is 0.325 bits per heavy atom. The summed E-state index contributed by atoms with van der Waals surface area (Å²) in [5, 5.41) is 0. The Hall–Kier alpha value is -3.12. The standard InChI is InChI=1S/C108H198O10S2/c1-7-13-19-25-31-37-45-55-65-75-85-111-101-95-99(96-102(112-86-76-66-56-46-38-32-26-20-14-8-2)105(101)115-89-79-69-59-49-41-35-29-23-17-11-5)107(109)117-91-81-71-61-51-43-53-63-73-83-93-119-120-94-84-74-64-54-44-52-62-72-82-92-118-108(110)100-97-103(113-87-77-67-57-47-39-33-27-21-15-9-3)106(116-90-80-70-60-50-42-36-30-24-18-12-6)104(98-100)114-88-78-68-58-48-40-34-28-22-16-10-4/h95-98H,7-94H2,1-6H3. The van der Waals surface area contributed by atoms with E-state index in [2.05, 4.69) is 63.1 Å². The van der Waals surface area contributed by atoms with Gasteiger partial charge in [0.1, 0.15) is 0 Å². The lowest BCUT2D eigenvalue weighted by molar-refractivity contribution is 0.0487. The fourth-order valence-corrected chi connectivity index (χ4v) is 18.6. The number of esters is 2. The van der Waals surface area contributed by atoms with E-state index < -0.39 is 0 Å². The topological polar surface area (TPSA) is 108 Å². The molecule has 0 unspecified atom stereocenters. The molecule has 2 aromatic rings. The van der Waals surface area contributed by atoms with Crippen molar-refractivity contribution < 1.29 is 47.5 Å². The molecule has 2 rings (SSSR count). The van der Waals surface area contributed by atoms with Crippen molar-refractivity contribution in [2.75, 3.05) is 64.4 Å². The summed E-state index contributed by atoms with van der Waals surface area (Å²) >= 11 is 0. The van der Waals surface area contributed by atoms with Crippen LogP contribution in [0.1, 0.15) is 563 Å². The SMILES string of the molecule is CCCCCCCCCCCCOc1cc(C(=O)OCCCCCCCCCCCSSCCCCCCCCCCCOC(=O)c2cc(OCCCCCCCCCCCC)c(OCCCCCCCCCCCC)c(OCCCCCCCCCCCC)c2)cc(OCCCCCCCCCCCC)c1OCCCCCCCCCCCC. The number of carbonyl (C=O) groups excluding carboxylic acids is 2.